The normalized spacial score (nSPS) is 28.8. The minimum Gasteiger partial charge on any atom is -0.343 e. The van der Waals surface area contributed by atoms with Crippen LogP contribution >= 0.6 is 0 Å². The Morgan fingerprint density at radius 2 is 2.09 bits per heavy atom. The Morgan fingerprint density at radius 3 is 2.74 bits per heavy atom. The third-order valence-corrected chi connectivity index (χ3v) is 5.28. The van der Waals surface area contributed by atoms with E-state index in [1.54, 1.807) is 6.92 Å². The molecule has 1 aromatic heterocycles. The van der Waals surface area contributed by atoms with Crippen LogP contribution in [0.2, 0.25) is 0 Å². The molecular formula is C17H28N4O2. The van der Waals surface area contributed by atoms with Crippen molar-refractivity contribution in [2.45, 2.75) is 64.3 Å². The van der Waals surface area contributed by atoms with Gasteiger partial charge < -0.3 is 14.7 Å². The number of carbonyl (C=O) groups excluding carboxylic acids is 1. The van der Waals surface area contributed by atoms with Crippen LogP contribution in [0.15, 0.2) is 4.52 Å². The van der Waals surface area contributed by atoms with Crippen LogP contribution in [0.3, 0.4) is 0 Å². The second-order valence-corrected chi connectivity index (χ2v) is 7.11. The minimum atomic E-state index is 0.213. The molecular weight excluding hydrogens is 292 g/mol. The maximum atomic E-state index is 11.5. The lowest BCUT2D eigenvalue weighted by atomic mass is 9.85. The maximum absolute atomic E-state index is 11.5. The number of aromatic nitrogens is 2. The third kappa shape index (κ3) is 4.31. The van der Waals surface area contributed by atoms with E-state index in [9.17, 15) is 4.79 Å². The number of carbonyl (C=O) groups is 1. The molecule has 1 unspecified atom stereocenters. The van der Waals surface area contributed by atoms with Gasteiger partial charge in [0.25, 0.3) is 0 Å². The predicted octanol–water partition coefficient (Wildman–Crippen LogP) is 2.25. The van der Waals surface area contributed by atoms with Gasteiger partial charge in [0.05, 0.1) is 0 Å². The van der Waals surface area contributed by atoms with Gasteiger partial charge in [-0.25, -0.2) is 0 Å². The molecule has 0 radical (unpaired) electrons. The van der Waals surface area contributed by atoms with Gasteiger partial charge in [0.15, 0.2) is 5.82 Å². The molecule has 6 heteroatoms. The fraction of sp³-hybridized carbons (Fsp3) is 0.824. The van der Waals surface area contributed by atoms with E-state index in [-0.39, 0.29) is 5.91 Å². The number of likely N-dealkylation sites (tertiary alicyclic amines) is 1. The monoisotopic (exact) mass is 320 g/mol. The summed E-state index contributed by atoms with van der Waals surface area (Å²) in [6.07, 6.45) is 6.92. The first-order valence-corrected chi connectivity index (χ1v) is 8.91. The van der Waals surface area contributed by atoms with Crippen molar-refractivity contribution in [1.82, 2.24) is 20.4 Å². The molecule has 0 bridgehead atoms. The average molecular weight is 320 g/mol. The molecule has 0 spiro atoms. The van der Waals surface area contributed by atoms with Gasteiger partial charge in [-0.2, -0.15) is 4.98 Å². The van der Waals surface area contributed by atoms with E-state index < -0.39 is 0 Å². The number of hydrogen-bond donors (Lipinski definition) is 1. The molecule has 6 nitrogen and oxygen atoms in total. The van der Waals surface area contributed by atoms with Crippen LogP contribution in [0.1, 0.15) is 63.1 Å². The van der Waals surface area contributed by atoms with Crippen LogP contribution in [0.5, 0.6) is 0 Å². The van der Waals surface area contributed by atoms with Crippen molar-refractivity contribution < 1.29 is 9.32 Å². The van der Waals surface area contributed by atoms with Crippen molar-refractivity contribution in [2.75, 3.05) is 19.6 Å². The van der Waals surface area contributed by atoms with Gasteiger partial charge in [0, 0.05) is 32.0 Å². The lowest BCUT2D eigenvalue weighted by molar-refractivity contribution is -0.130. The zero-order valence-corrected chi connectivity index (χ0v) is 14.3. The van der Waals surface area contributed by atoms with Gasteiger partial charge in [0.1, 0.15) is 0 Å². The Hall–Kier alpha value is -1.43. The van der Waals surface area contributed by atoms with Gasteiger partial charge in [-0.3, -0.25) is 4.79 Å². The van der Waals surface area contributed by atoms with Crippen LogP contribution in [0.4, 0.5) is 0 Å². The predicted molar refractivity (Wildman–Crippen MR) is 87.0 cm³/mol. The summed E-state index contributed by atoms with van der Waals surface area (Å²) in [5.41, 5.74) is 0. The zero-order valence-electron chi connectivity index (χ0n) is 14.3. The van der Waals surface area contributed by atoms with Crippen molar-refractivity contribution in [3.05, 3.63) is 11.7 Å². The van der Waals surface area contributed by atoms with Gasteiger partial charge >= 0.3 is 0 Å². The van der Waals surface area contributed by atoms with E-state index in [1.165, 1.54) is 6.42 Å². The summed E-state index contributed by atoms with van der Waals surface area (Å²) >= 11 is 0. The molecule has 1 aromatic rings. The second-order valence-electron chi connectivity index (χ2n) is 7.11. The Bertz CT molecular complexity index is 522. The van der Waals surface area contributed by atoms with Crippen LogP contribution < -0.4 is 5.32 Å². The first kappa shape index (κ1) is 16.4. The van der Waals surface area contributed by atoms with Gasteiger partial charge in [0.2, 0.25) is 11.8 Å². The van der Waals surface area contributed by atoms with Gasteiger partial charge in [-0.1, -0.05) is 5.16 Å². The molecule has 2 heterocycles. The highest BCUT2D eigenvalue weighted by atomic mass is 16.5. The zero-order chi connectivity index (χ0) is 16.2. The highest BCUT2D eigenvalue weighted by molar-refractivity contribution is 5.73. The molecule has 1 aliphatic carbocycles. The SMILES string of the molecule is CC(=O)N1CCCC(CNC2CCC(c3nc(C)no3)CC2)C1. The minimum absolute atomic E-state index is 0.213. The molecule has 1 N–H and O–H groups in total. The lowest BCUT2D eigenvalue weighted by Gasteiger charge is -2.34. The number of nitrogens with zero attached hydrogens (tertiary/aromatic N) is 3. The molecule has 1 saturated heterocycles. The Morgan fingerprint density at radius 1 is 1.30 bits per heavy atom. The summed E-state index contributed by atoms with van der Waals surface area (Å²) < 4.78 is 5.31. The summed E-state index contributed by atoms with van der Waals surface area (Å²) in [6.45, 7) is 6.42. The standard InChI is InChI=1S/C17H28N4O2/c1-12-19-17(23-20-12)15-5-7-16(8-6-15)18-10-14-4-3-9-21(11-14)13(2)22/h14-16,18H,3-11H2,1-2H3. The van der Waals surface area contributed by atoms with E-state index >= 15 is 0 Å². The largest absolute Gasteiger partial charge is 0.343 e. The van der Waals surface area contributed by atoms with E-state index in [2.05, 4.69) is 15.5 Å². The first-order chi connectivity index (χ1) is 11.1. The summed E-state index contributed by atoms with van der Waals surface area (Å²) in [5, 5.41) is 7.62. The van der Waals surface area contributed by atoms with Gasteiger partial charge in [-0.05, 0) is 57.9 Å². The van der Waals surface area contributed by atoms with Crippen molar-refractivity contribution in [3.63, 3.8) is 0 Å². The molecule has 1 saturated carbocycles. The smallest absolute Gasteiger partial charge is 0.229 e. The fourth-order valence-electron chi connectivity index (χ4n) is 3.87. The first-order valence-electron chi connectivity index (χ1n) is 8.91. The van der Waals surface area contributed by atoms with Crippen molar-refractivity contribution in [1.29, 1.82) is 0 Å². The quantitative estimate of drug-likeness (QED) is 0.921. The average Bonchev–Trinajstić information content (AvgIpc) is 3.00. The number of piperidine rings is 1. The van der Waals surface area contributed by atoms with Crippen molar-refractivity contribution in [2.24, 2.45) is 5.92 Å². The molecule has 128 valence electrons. The molecule has 1 amide bonds. The van der Waals surface area contributed by atoms with E-state index in [0.29, 0.717) is 17.9 Å². The van der Waals surface area contributed by atoms with Crippen LogP contribution in [0, 0.1) is 12.8 Å². The van der Waals surface area contributed by atoms with E-state index in [4.69, 9.17) is 4.52 Å². The summed E-state index contributed by atoms with van der Waals surface area (Å²) in [5.74, 6) is 2.78. The maximum Gasteiger partial charge on any atom is 0.229 e. The Balaban J connectivity index is 1.40. The molecule has 0 aromatic carbocycles. The highest BCUT2D eigenvalue weighted by Gasteiger charge is 2.27. The van der Waals surface area contributed by atoms with Gasteiger partial charge in [-0.15, -0.1) is 0 Å². The Kier molecular flexibility index (Phi) is 5.30. The highest BCUT2D eigenvalue weighted by Crippen LogP contribution is 2.32. The number of rotatable bonds is 4. The third-order valence-electron chi connectivity index (χ3n) is 5.28. The fourth-order valence-corrected chi connectivity index (χ4v) is 3.87. The van der Waals surface area contributed by atoms with Crippen molar-refractivity contribution >= 4 is 5.91 Å². The molecule has 1 aliphatic heterocycles. The number of aryl methyl sites for hydroxylation is 1. The lowest BCUT2D eigenvalue weighted by Crippen LogP contribution is -2.44. The van der Waals surface area contributed by atoms with Crippen LogP contribution in [-0.4, -0.2) is 46.6 Å². The molecule has 23 heavy (non-hydrogen) atoms. The topological polar surface area (TPSA) is 71.3 Å². The molecule has 2 aliphatic rings. The van der Waals surface area contributed by atoms with E-state index in [0.717, 1.165) is 63.5 Å². The van der Waals surface area contributed by atoms with Crippen LogP contribution in [0.25, 0.3) is 0 Å². The summed E-state index contributed by atoms with van der Waals surface area (Å²) in [4.78, 5) is 17.9. The summed E-state index contributed by atoms with van der Waals surface area (Å²) in [6, 6.07) is 0.586. The van der Waals surface area contributed by atoms with E-state index in [1.807, 2.05) is 11.8 Å². The van der Waals surface area contributed by atoms with Crippen LogP contribution in [-0.2, 0) is 4.79 Å². The van der Waals surface area contributed by atoms with Crippen molar-refractivity contribution in [3.8, 4) is 0 Å². The molecule has 1 atom stereocenters. The number of hydrogen-bond acceptors (Lipinski definition) is 5. The second kappa shape index (κ2) is 7.43. The Labute approximate surface area is 138 Å². The molecule has 2 fully saturated rings. The summed E-state index contributed by atoms with van der Waals surface area (Å²) in [7, 11) is 0. The number of nitrogens with one attached hydrogen (secondary N) is 1. The molecule has 3 rings (SSSR count). The number of amides is 1.